The number of aliphatic hydroxyl groups excluding tert-OH is 2. The molecule has 0 radical (unpaired) electrons. The molecule has 4 aliphatic carbocycles. The quantitative estimate of drug-likeness (QED) is 0.424. The van der Waals surface area contributed by atoms with Crippen LogP contribution in [0.3, 0.4) is 0 Å². The molecule has 1 heterocycles. The number of ether oxygens (including phenoxy) is 2. The van der Waals surface area contributed by atoms with Crippen LogP contribution in [0.25, 0.3) is 0 Å². The molecule has 43 heavy (non-hydrogen) atoms. The Kier molecular flexibility index (Phi) is 6.82. The zero-order valence-electron chi connectivity index (χ0n) is 24.9. The maximum atomic E-state index is 13.8. The summed E-state index contributed by atoms with van der Waals surface area (Å²) in [5.74, 6) is -0.243. The van der Waals surface area contributed by atoms with E-state index in [-0.39, 0.29) is 29.3 Å². The van der Waals surface area contributed by atoms with E-state index in [1.54, 1.807) is 12.2 Å². The molecule has 0 spiro atoms. The number of hydrogen-bond acceptors (Lipinski definition) is 7. The van der Waals surface area contributed by atoms with E-state index >= 15 is 0 Å². The zero-order chi connectivity index (χ0) is 30.1. The molecule has 1 aliphatic heterocycles. The number of rotatable bonds is 6. The smallest absolute Gasteiger partial charge is 0.193 e. The van der Waals surface area contributed by atoms with Gasteiger partial charge in [0, 0.05) is 28.0 Å². The second kappa shape index (κ2) is 10.2. The number of hydrogen-bond donors (Lipinski definition) is 3. The van der Waals surface area contributed by atoms with E-state index in [1.165, 1.54) is 5.56 Å². The Labute approximate surface area is 252 Å². The molecular weight excluding hydrogens is 542 g/mol. The van der Waals surface area contributed by atoms with Crippen molar-refractivity contribution in [3.63, 3.8) is 0 Å². The Morgan fingerprint density at radius 1 is 1.09 bits per heavy atom. The molecule has 9 atom stereocenters. The summed E-state index contributed by atoms with van der Waals surface area (Å²) in [6.45, 7) is 3.55. The molecule has 0 aromatic heterocycles. The van der Waals surface area contributed by atoms with E-state index in [9.17, 15) is 19.8 Å². The van der Waals surface area contributed by atoms with Gasteiger partial charge in [0.15, 0.2) is 23.5 Å². The van der Waals surface area contributed by atoms with Gasteiger partial charge in [-0.1, -0.05) is 61.9 Å². The predicted octanol–water partition coefficient (Wildman–Crippen LogP) is 4.66. The lowest BCUT2D eigenvalue weighted by Crippen LogP contribution is -2.63. The van der Waals surface area contributed by atoms with Crippen molar-refractivity contribution in [2.45, 2.75) is 76.5 Å². The molecule has 0 unspecified atom stereocenters. The number of carbonyl (C=O) groups excluding carboxylic acids is 2. The van der Waals surface area contributed by atoms with E-state index in [1.807, 2.05) is 36.4 Å². The van der Waals surface area contributed by atoms with Crippen molar-refractivity contribution in [2.75, 3.05) is 12.3 Å². The number of ketones is 2. The van der Waals surface area contributed by atoms with E-state index in [4.69, 9.17) is 15.2 Å². The number of anilines is 1. The summed E-state index contributed by atoms with van der Waals surface area (Å²) >= 11 is 0. The van der Waals surface area contributed by atoms with Gasteiger partial charge in [0.25, 0.3) is 0 Å². The number of nitrogens with two attached hydrogens (primary N) is 1. The number of benzene rings is 2. The van der Waals surface area contributed by atoms with Crippen LogP contribution in [0.2, 0.25) is 0 Å². The van der Waals surface area contributed by atoms with Crippen molar-refractivity contribution in [2.24, 2.45) is 28.6 Å². The average molecular weight is 584 g/mol. The molecule has 7 heteroatoms. The summed E-state index contributed by atoms with van der Waals surface area (Å²) in [6.07, 6.45) is 7.66. The van der Waals surface area contributed by atoms with Gasteiger partial charge in [0.1, 0.15) is 6.61 Å². The standard InChI is InChI=1S/C36H41NO6/c1-34-14-13-26(39)17-24(34)11-12-27-28-18-31-36(30(41)20-38,35(28,2)19-29(40)32(27)34)43-33(42-31)23-7-3-5-21(15-23)9-10-22-6-4-8-25(37)16-22/h3-8,13-17,27-29,31-33,38,40H,9-12,18-20,37H2,1-2H3/t27-,28-,29-,31+,32+,33+,34-,35-,36+/m0/s1. The van der Waals surface area contributed by atoms with Gasteiger partial charge in [-0.2, -0.15) is 0 Å². The predicted molar refractivity (Wildman–Crippen MR) is 162 cm³/mol. The molecule has 226 valence electrons. The van der Waals surface area contributed by atoms with E-state index < -0.39 is 41.5 Å². The third-order valence-electron chi connectivity index (χ3n) is 11.7. The van der Waals surface area contributed by atoms with Crippen molar-refractivity contribution in [1.29, 1.82) is 0 Å². The van der Waals surface area contributed by atoms with Crippen LogP contribution in [0.15, 0.2) is 72.3 Å². The molecule has 7 nitrogen and oxygen atoms in total. The third-order valence-corrected chi connectivity index (χ3v) is 11.7. The molecule has 0 bridgehead atoms. The van der Waals surface area contributed by atoms with Gasteiger partial charge < -0.3 is 25.4 Å². The van der Waals surface area contributed by atoms with Crippen molar-refractivity contribution in [3.05, 3.63) is 89.0 Å². The van der Waals surface area contributed by atoms with Gasteiger partial charge in [-0.3, -0.25) is 9.59 Å². The van der Waals surface area contributed by atoms with Crippen molar-refractivity contribution in [3.8, 4) is 0 Å². The molecule has 2 aromatic rings. The SMILES string of the molecule is C[C@]12C=CC(=O)C=C1CC[C@@H]1[C@@H]2[C@@H](O)C[C@@]2(C)[C@H]1C[C@H]1O[C@@H](c3cccc(CCc4cccc(N)c4)c3)O[C@]12C(=O)CO. The second-order valence-electron chi connectivity index (χ2n) is 13.8. The van der Waals surface area contributed by atoms with Crippen molar-refractivity contribution >= 4 is 17.3 Å². The molecule has 4 N–H and O–H groups in total. The monoisotopic (exact) mass is 583 g/mol. The number of aryl methyl sites for hydroxylation is 2. The maximum Gasteiger partial charge on any atom is 0.193 e. The molecule has 2 aromatic carbocycles. The molecule has 4 fully saturated rings. The molecule has 1 saturated heterocycles. The Hall–Kier alpha value is -3.10. The molecule has 0 amide bonds. The number of nitrogen functional groups attached to an aromatic ring is 1. The van der Waals surface area contributed by atoms with Crippen LogP contribution in [-0.4, -0.2) is 46.2 Å². The van der Waals surface area contributed by atoms with E-state index in [0.717, 1.165) is 48.1 Å². The Balaban J connectivity index is 1.17. The van der Waals surface area contributed by atoms with Crippen LogP contribution in [0.1, 0.15) is 62.5 Å². The summed E-state index contributed by atoms with van der Waals surface area (Å²) in [7, 11) is 0. The maximum absolute atomic E-state index is 13.8. The Bertz CT molecular complexity index is 1530. The van der Waals surface area contributed by atoms with Gasteiger partial charge in [-0.05, 0) is 85.8 Å². The number of fused-ring (bicyclic) bond motifs is 7. The van der Waals surface area contributed by atoms with Gasteiger partial charge >= 0.3 is 0 Å². The Morgan fingerprint density at radius 3 is 2.58 bits per heavy atom. The summed E-state index contributed by atoms with van der Waals surface area (Å²) in [5, 5.41) is 22.1. The summed E-state index contributed by atoms with van der Waals surface area (Å²) < 4.78 is 13.4. The highest BCUT2D eigenvalue weighted by Gasteiger charge is 2.75. The first-order chi connectivity index (χ1) is 20.6. The van der Waals surface area contributed by atoms with Gasteiger partial charge in [-0.15, -0.1) is 0 Å². The van der Waals surface area contributed by atoms with E-state index in [2.05, 4.69) is 32.0 Å². The molecule has 5 aliphatic rings. The number of carbonyl (C=O) groups is 2. The number of Topliss-reactive ketones (excluding diaryl/α,β-unsaturated/α-hetero) is 1. The molecule has 7 rings (SSSR count). The highest BCUT2D eigenvalue weighted by Crippen LogP contribution is 2.70. The van der Waals surface area contributed by atoms with Crippen LogP contribution >= 0.6 is 0 Å². The first kappa shape index (κ1) is 28.7. The van der Waals surface area contributed by atoms with Crippen LogP contribution < -0.4 is 5.73 Å². The fourth-order valence-electron chi connectivity index (χ4n) is 9.77. The summed E-state index contributed by atoms with van der Waals surface area (Å²) in [4.78, 5) is 26.0. The highest BCUT2D eigenvalue weighted by atomic mass is 16.7. The number of aliphatic hydroxyl groups is 2. The minimum atomic E-state index is -1.35. The fourth-order valence-corrected chi connectivity index (χ4v) is 9.77. The topological polar surface area (TPSA) is 119 Å². The summed E-state index contributed by atoms with van der Waals surface area (Å²) in [5.41, 5.74) is 8.47. The van der Waals surface area contributed by atoms with Crippen LogP contribution in [0.5, 0.6) is 0 Å². The van der Waals surface area contributed by atoms with E-state index in [0.29, 0.717) is 12.8 Å². The fraction of sp³-hybridized carbons (Fsp3) is 0.500. The minimum absolute atomic E-state index is 0.00521. The average Bonchev–Trinajstić information content (AvgIpc) is 3.49. The highest BCUT2D eigenvalue weighted by molar-refractivity contribution is 6.01. The largest absolute Gasteiger partial charge is 0.399 e. The van der Waals surface area contributed by atoms with Crippen LogP contribution in [-0.2, 0) is 31.9 Å². The third kappa shape index (κ3) is 4.23. The number of allylic oxidation sites excluding steroid dienone is 4. The lowest BCUT2D eigenvalue weighted by Gasteiger charge is -2.59. The molecular formula is C36H41NO6. The Morgan fingerprint density at radius 2 is 1.84 bits per heavy atom. The lowest BCUT2D eigenvalue weighted by atomic mass is 9.46. The lowest BCUT2D eigenvalue weighted by molar-refractivity contribution is -0.201. The van der Waals surface area contributed by atoms with Crippen molar-refractivity contribution < 1.29 is 29.3 Å². The molecule has 3 saturated carbocycles. The van der Waals surface area contributed by atoms with Gasteiger partial charge in [0.2, 0.25) is 0 Å². The van der Waals surface area contributed by atoms with Gasteiger partial charge in [-0.25, -0.2) is 0 Å². The first-order valence-corrected chi connectivity index (χ1v) is 15.6. The second-order valence-corrected chi connectivity index (χ2v) is 13.8. The normalized spacial score (nSPS) is 39.4. The van der Waals surface area contributed by atoms with Crippen LogP contribution in [0.4, 0.5) is 5.69 Å². The summed E-state index contributed by atoms with van der Waals surface area (Å²) in [6, 6.07) is 16.0. The van der Waals surface area contributed by atoms with Crippen molar-refractivity contribution in [1.82, 2.24) is 0 Å². The minimum Gasteiger partial charge on any atom is -0.399 e. The van der Waals surface area contributed by atoms with Crippen LogP contribution in [0, 0.1) is 28.6 Å². The zero-order valence-corrected chi connectivity index (χ0v) is 24.9. The van der Waals surface area contributed by atoms with Gasteiger partial charge in [0.05, 0.1) is 12.2 Å². The first-order valence-electron chi connectivity index (χ1n) is 15.6.